The number of aliphatic hydroxyl groups is 1. The van der Waals surface area contributed by atoms with Crippen molar-refractivity contribution in [3.8, 4) is 5.75 Å². The molecular formula is C22H27NO3. The number of benzene rings is 2. The third-order valence-electron chi connectivity index (χ3n) is 5.17. The largest absolute Gasteiger partial charge is 0.496 e. The minimum Gasteiger partial charge on any atom is -0.496 e. The highest BCUT2D eigenvalue weighted by atomic mass is 16.5. The number of methoxy groups -OCH3 is 1. The molecule has 138 valence electrons. The number of hydrogen-bond acceptors (Lipinski definition) is 3. The number of rotatable bonds is 8. The lowest BCUT2D eigenvalue weighted by molar-refractivity contribution is -0.132. The number of para-hydroxylation sites is 1. The third-order valence-corrected chi connectivity index (χ3v) is 5.17. The van der Waals surface area contributed by atoms with E-state index in [9.17, 15) is 9.90 Å². The molecule has 1 atom stereocenters. The second-order valence-electron chi connectivity index (χ2n) is 6.84. The molecule has 4 nitrogen and oxygen atoms in total. The summed E-state index contributed by atoms with van der Waals surface area (Å²) in [5.74, 6) is 1.24. The number of aliphatic hydroxyl groups excluding tert-OH is 1. The summed E-state index contributed by atoms with van der Waals surface area (Å²) >= 11 is 0. The first-order valence-electron chi connectivity index (χ1n) is 9.31. The van der Waals surface area contributed by atoms with Gasteiger partial charge in [-0.1, -0.05) is 42.5 Å². The third kappa shape index (κ3) is 4.25. The van der Waals surface area contributed by atoms with E-state index in [0.29, 0.717) is 31.8 Å². The molecule has 4 heteroatoms. The van der Waals surface area contributed by atoms with Crippen molar-refractivity contribution in [1.82, 2.24) is 4.90 Å². The summed E-state index contributed by atoms with van der Waals surface area (Å²) in [6.45, 7) is 1.15. The van der Waals surface area contributed by atoms with Gasteiger partial charge in [0, 0.05) is 31.7 Å². The van der Waals surface area contributed by atoms with Crippen LogP contribution in [0.15, 0.2) is 48.5 Å². The highest BCUT2D eigenvalue weighted by Crippen LogP contribution is 2.35. The predicted molar refractivity (Wildman–Crippen MR) is 102 cm³/mol. The molecule has 1 aliphatic rings. The van der Waals surface area contributed by atoms with E-state index in [1.54, 1.807) is 7.11 Å². The zero-order valence-corrected chi connectivity index (χ0v) is 15.4. The molecule has 0 saturated carbocycles. The van der Waals surface area contributed by atoms with Crippen LogP contribution in [-0.4, -0.2) is 36.2 Å². The van der Waals surface area contributed by atoms with Crippen LogP contribution in [0.4, 0.5) is 0 Å². The average Bonchev–Trinajstić information content (AvgIpc) is 3.08. The van der Waals surface area contributed by atoms with Crippen LogP contribution in [0.5, 0.6) is 5.75 Å². The van der Waals surface area contributed by atoms with Crippen molar-refractivity contribution in [2.75, 3.05) is 20.3 Å². The fourth-order valence-corrected chi connectivity index (χ4v) is 3.79. The van der Waals surface area contributed by atoms with Crippen LogP contribution < -0.4 is 4.74 Å². The van der Waals surface area contributed by atoms with Gasteiger partial charge >= 0.3 is 0 Å². The summed E-state index contributed by atoms with van der Waals surface area (Å²) in [6, 6.07) is 16.2. The highest BCUT2D eigenvalue weighted by Gasteiger charge is 2.26. The molecule has 2 aromatic carbocycles. The molecule has 1 amide bonds. The fraction of sp³-hybridized carbons (Fsp3) is 0.409. The van der Waals surface area contributed by atoms with Gasteiger partial charge in [0.1, 0.15) is 5.75 Å². The summed E-state index contributed by atoms with van der Waals surface area (Å²) in [5, 5.41) is 9.22. The second kappa shape index (κ2) is 8.86. The molecule has 3 rings (SSSR count). The van der Waals surface area contributed by atoms with Crippen LogP contribution in [0.25, 0.3) is 0 Å². The lowest BCUT2D eigenvalue weighted by Crippen LogP contribution is -2.33. The van der Waals surface area contributed by atoms with Crippen molar-refractivity contribution >= 4 is 5.91 Å². The number of carbonyl (C=O) groups excluding carboxylic acids is 1. The number of nitrogens with zero attached hydrogens (tertiary/aromatic N) is 1. The second-order valence-corrected chi connectivity index (χ2v) is 6.84. The van der Waals surface area contributed by atoms with Crippen molar-refractivity contribution in [2.24, 2.45) is 0 Å². The molecule has 1 aliphatic carbocycles. The Kier molecular flexibility index (Phi) is 6.29. The molecular weight excluding hydrogens is 326 g/mol. The molecule has 0 aromatic heterocycles. The maximum absolute atomic E-state index is 13.0. The quantitative estimate of drug-likeness (QED) is 0.790. The van der Waals surface area contributed by atoms with Crippen molar-refractivity contribution in [3.05, 3.63) is 65.2 Å². The van der Waals surface area contributed by atoms with E-state index in [-0.39, 0.29) is 12.5 Å². The Labute approximate surface area is 155 Å². The van der Waals surface area contributed by atoms with E-state index >= 15 is 0 Å². The summed E-state index contributed by atoms with van der Waals surface area (Å²) in [4.78, 5) is 14.9. The van der Waals surface area contributed by atoms with Crippen molar-refractivity contribution in [1.29, 1.82) is 0 Å². The van der Waals surface area contributed by atoms with E-state index in [0.717, 1.165) is 24.2 Å². The summed E-state index contributed by atoms with van der Waals surface area (Å²) in [5.41, 5.74) is 3.69. The highest BCUT2D eigenvalue weighted by molar-refractivity contribution is 5.77. The molecule has 0 radical (unpaired) electrons. The average molecular weight is 353 g/mol. The van der Waals surface area contributed by atoms with E-state index in [2.05, 4.69) is 24.3 Å². The molecule has 1 unspecified atom stereocenters. The smallest absolute Gasteiger partial charge is 0.223 e. The number of fused-ring (bicyclic) bond motifs is 1. The van der Waals surface area contributed by atoms with Gasteiger partial charge in [0.05, 0.1) is 7.11 Å². The van der Waals surface area contributed by atoms with Crippen molar-refractivity contribution in [3.63, 3.8) is 0 Å². The van der Waals surface area contributed by atoms with Crippen LogP contribution in [0, 0.1) is 0 Å². The maximum atomic E-state index is 13.0. The van der Waals surface area contributed by atoms with Gasteiger partial charge in [-0.2, -0.15) is 0 Å². The van der Waals surface area contributed by atoms with Gasteiger partial charge in [0.15, 0.2) is 0 Å². The SMILES string of the molecule is COc1ccccc1CN(CCCO)C(=O)CC1CCc2ccccc21. The van der Waals surface area contributed by atoms with Gasteiger partial charge in [0.25, 0.3) is 0 Å². The monoisotopic (exact) mass is 353 g/mol. The molecule has 0 fully saturated rings. The van der Waals surface area contributed by atoms with Gasteiger partial charge in [-0.05, 0) is 42.4 Å². The first kappa shape index (κ1) is 18.5. The molecule has 1 N–H and O–H groups in total. The summed E-state index contributed by atoms with van der Waals surface area (Å²) in [7, 11) is 1.65. The number of amides is 1. The lowest BCUT2D eigenvalue weighted by Gasteiger charge is -2.25. The van der Waals surface area contributed by atoms with Crippen LogP contribution >= 0.6 is 0 Å². The van der Waals surface area contributed by atoms with Gasteiger partial charge in [-0.3, -0.25) is 4.79 Å². The normalized spacial score (nSPS) is 15.5. The fourth-order valence-electron chi connectivity index (χ4n) is 3.79. The summed E-state index contributed by atoms with van der Waals surface area (Å²) in [6.07, 6.45) is 3.20. The van der Waals surface area contributed by atoms with Gasteiger partial charge in [0.2, 0.25) is 5.91 Å². The minimum absolute atomic E-state index is 0.0853. The van der Waals surface area contributed by atoms with Crippen LogP contribution in [0.2, 0.25) is 0 Å². The molecule has 2 aromatic rings. The van der Waals surface area contributed by atoms with Crippen molar-refractivity contribution < 1.29 is 14.6 Å². The van der Waals surface area contributed by atoms with Crippen molar-refractivity contribution in [2.45, 2.75) is 38.1 Å². The first-order chi connectivity index (χ1) is 12.7. The maximum Gasteiger partial charge on any atom is 0.223 e. The van der Waals surface area contributed by atoms with Crippen LogP contribution in [0.3, 0.4) is 0 Å². The zero-order chi connectivity index (χ0) is 18.4. The van der Waals surface area contributed by atoms with Crippen LogP contribution in [0.1, 0.15) is 41.9 Å². The Balaban J connectivity index is 1.72. The van der Waals surface area contributed by atoms with E-state index in [4.69, 9.17) is 4.74 Å². The van der Waals surface area contributed by atoms with Crippen LogP contribution in [-0.2, 0) is 17.8 Å². The molecule has 0 heterocycles. The van der Waals surface area contributed by atoms with E-state index in [1.807, 2.05) is 29.2 Å². The van der Waals surface area contributed by atoms with Gasteiger partial charge < -0.3 is 14.7 Å². The Hall–Kier alpha value is -2.33. The number of aryl methyl sites for hydroxylation is 1. The zero-order valence-electron chi connectivity index (χ0n) is 15.4. The minimum atomic E-state index is 0.0853. The van der Waals surface area contributed by atoms with Gasteiger partial charge in [-0.15, -0.1) is 0 Å². The first-order valence-corrected chi connectivity index (χ1v) is 9.31. The Morgan fingerprint density at radius 1 is 1.19 bits per heavy atom. The Morgan fingerprint density at radius 3 is 2.77 bits per heavy atom. The molecule has 0 saturated heterocycles. The topological polar surface area (TPSA) is 49.8 Å². The molecule has 0 aliphatic heterocycles. The molecule has 0 bridgehead atoms. The number of hydrogen-bond donors (Lipinski definition) is 1. The molecule has 0 spiro atoms. The van der Waals surface area contributed by atoms with E-state index in [1.165, 1.54) is 11.1 Å². The number of carbonyl (C=O) groups is 1. The lowest BCUT2D eigenvalue weighted by atomic mass is 9.97. The number of ether oxygens (including phenoxy) is 1. The Bertz CT molecular complexity index is 744. The van der Waals surface area contributed by atoms with E-state index < -0.39 is 0 Å². The van der Waals surface area contributed by atoms with Gasteiger partial charge in [-0.25, -0.2) is 0 Å². The molecule has 26 heavy (non-hydrogen) atoms. The summed E-state index contributed by atoms with van der Waals surface area (Å²) < 4.78 is 5.42. The predicted octanol–water partition coefficient (Wildman–Crippen LogP) is 3.53. The standard InChI is InChI=1S/C22H27NO3/c1-26-21-10-5-3-8-19(21)16-23(13-6-14-24)22(25)15-18-12-11-17-7-2-4-9-20(17)18/h2-5,7-10,18,24H,6,11-16H2,1H3. The Morgan fingerprint density at radius 2 is 1.96 bits per heavy atom.